The molecule has 1 rings (SSSR count). The van der Waals surface area contributed by atoms with Gasteiger partial charge in [0.05, 0.1) is 0 Å². The molecule has 3 N–H and O–H groups in total. The van der Waals surface area contributed by atoms with Crippen molar-refractivity contribution >= 4 is 17.5 Å². The lowest BCUT2D eigenvalue weighted by Crippen LogP contribution is -2.35. The van der Waals surface area contributed by atoms with E-state index in [2.05, 4.69) is 20.9 Å². The molecular weight excluding hydrogens is 244 g/mol. The molecule has 104 valence electrons. The first-order valence-corrected chi connectivity index (χ1v) is 6.25. The molecule has 0 aliphatic heterocycles. The monoisotopic (exact) mass is 264 g/mol. The van der Waals surface area contributed by atoms with Gasteiger partial charge in [-0.2, -0.15) is 0 Å². The first-order chi connectivity index (χ1) is 9.13. The Bertz CT molecular complexity index is 408. The minimum atomic E-state index is -0.132. The van der Waals surface area contributed by atoms with Gasteiger partial charge in [0.1, 0.15) is 0 Å². The molecule has 6 heteroatoms. The molecule has 0 fully saturated rings. The summed E-state index contributed by atoms with van der Waals surface area (Å²) >= 11 is 0. The lowest BCUT2D eigenvalue weighted by molar-refractivity contribution is -0.124. The maximum atomic E-state index is 11.6. The maximum absolute atomic E-state index is 11.6. The number of pyridine rings is 1. The van der Waals surface area contributed by atoms with Crippen LogP contribution in [-0.4, -0.2) is 36.9 Å². The van der Waals surface area contributed by atoms with E-state index in [4.69, 9.17) is 0 Å². The Kier molecular flexibility index (Phi) is 6.52. The Hall–Kier alpha value is -1.95. The molecule has 0 aromatic carbocycles. The second-order valence-corrected chi connectivity index (χ2v) is 4.28. The van der Waals surface area contributed by atoms with Crippen molar-refractivity contribution in [1.82, 2.24) is 15.6 Å². The van der Waals surface area contributed by atoms with Gasteiger partial charge in [-0.25, -0.2) is 0 Å². The molecule has 2 amide bonds. The number of amides is 2. The average molecular weight is 264 g/mol. The van der Waals surface area contributed by atoms with Crippen molar-refractivity contribution in [2.75, 3.05) is 25.5 Å². The highest BCUT2D eigenvalue weighted by molar-refractivity contribution is 5.91. The van der Waals surface area contributed by atoms with Crippen molar-refractivity contribution in [3.05, 3.63) is 24.5 Å². The summed E-state index contributed by atoms with van der Waals surface area (Å²) in [5.41, 5.74) is 0.704. The standard InChI is InChI=1S/C13H20N4O2/c1-10(9-14-2)13(19)16-8-5-12(18)17-11-3-6-15-7-4-11/h3-4,6-7,10,14H,5,8-9H2,1-2H3,(H,16,19)(H,15,17,18). The van der Waals surface area contributed by atoms with Gasteiger partial charge < -0.3 is 16.0 Å². The molecular formula is C13H20N4O2. The summed E-state index contributed by atoms with van der Waals surface area (Å²) in [6, 6.07) is 3.43. The van der Waals surface area contributed by atoms with Crippen LogP contribution in [0.4, 0.5) is 5.69 Å². The summed E-state index contributed by atoms with van der Waals surface area (Å²) in [5.74, 6) is -0.285. The Balaban J connectivity index is 2.22. The first kappa shape index (κ1) is 15.1. The van der Waals surface area contributed by atoms with E-state index in [1.807, 2.05) is 6.92 Å². The topological polar surface area (TPSA) is 83.1 Å². The summed E-state index contributed by atoms with van der Waals surface area (Å²) in [6.07, 6.45) is 3.47. The number of nitrogens with one attached hydrogen (secondary N) is 3. The number of carbonyl (C=O) groups excluding carboxylic acids is 2. The molecule has 0 radical (unpaired) electrons. The van der Waals surface area contributed by atoms with Crippen LogP contribution in [0.1, 0.15) is 13.3 Å². The summed E-state index contributed by atoms with van der Waals surface area (Å²) in [5, 5.41) is 8.39. The molecule has 0 saturated heterocycles. The van der Waals surface area contributed by atoms with Gasteiger partial charge in [-0.3, -0.25) is 14.6 Å². The van der Waals surface area contributed by atoms with Crippen LogP contribution in [0.3, 0.4) is 0 Å². The van der Waals surface area contributed by atoms with Crippen molar-refractivity contribution < 1.29 is 9.59 Å². The first-order valence-electron chi connectivity index (χ1n) is 6.25. The van der Waals surface area contributed by atoms with Crippen LogP contribution in [0.5, 0.6) is 0 Å². The van der Waals surface area contributed by atoms with Crippen LogP contribution in [0.2, 0.25) is 0 Å². The molecule has 1 unspecified atom stereocenters. The van der Waals surface area contributed by atoms with E-state index >= 15 is 0 Å². The molecule has 6 nitrogen and oxygen atoms in total. The van der Waals surface area contributed by atoms with E-state index < -0.39 is 0 Å². The van der Waals surface area contributed by atoms with Gasteiger partial charge in [0.15, 0.2) is 0 Å². The van der Waals surface area contributed by atoms with Gasteiger partial charge in [0.25, 0.3) is 0 Å². The van der Waals surface area contributed by atoms with Gasteiger partial charge >= 0.3 is 0 Å². The normalized spacial score (nSPS) is 11.7. The van der Waals surface area contributed by atoms with Crippen LogP contribution < -0.4 is 16.0 Å². The van der Waals surface area contributed by atoms with Crippen LogP contribution in [0.15, 0.2) is 24.5 Å². The SMILES string of the molecule is CNCC(C)C(=O)NCCC(=O)Nc1ccncc1. The summed E-state index contributed by atoms with van der Waals surface area (Å²) in [6.45, 7) is 2.79. The number of hydrogen-bond acceptors (Lipinski definition) is 4. The Morgan fingerprint density at radius 1 is 1.32 bits per heavy atom. The third-order valence-electron chi connectivity index (χ3n) is 2.57. The van der Waals surface area contributed by atoms with E-state index in [1.54, 1.807) is 31.6 Å². The molecule has 1 heterocycles. The zero-order valence-corrected chi connectivity index (χ0v) is 11.3. The third-order valence-corrected chi connectivity index (χ3v) is 2.57. The van der Waals surface area contributed by atoms with Gasteiger partial charge in [-0.15, -0.1) is 0 Å². The highest BCUT2D eigenvalue weighted by Gasteiger charge is 2.11. The quantitative estimate of drug-likeness (QED) is 0.665. The number of carbonyl (C=O) groups is 2. The predicted molar refractivity (Wildman–Crippen MR) is 73.6 cm³/mol. The minimum Gasteiger partial charge on any atom is -0.355 e. The average Bonchev–Trinajstić information content (AvgIpc) is 2.40. The summed E-state index contributed by atoms with van der Waals surface area (Å²) in [7, 11) is 1.80. The van der Waals surface area contributed by atoms with Crippen molar-refractivity contribution in [3.63, 3.8) is 0 Å². The summed E-state index contributed by atoms with van der Waals surface area (Å²) < 4.78 is 0. The summed E-state index contributed by atoms with van der Waals surface area (Å²) in [4.78, 5) is 27.0. The molecule has 1 aromatic heterocycles. The maximum Gasteiger partial charge on any atom is 0.226 e. The number of hydrogen-bond donors (Lipinski definition) is 3. The van der Waals surface area contributed by atoms with Gasteiger partial charge in [-0.1, -0.05) is 6.92 Å². The molecule has 19 heavy (non-hydrogen) atoms. The van der Waals surface area contributed by atoms with E-state index in [-0.39, 0.29) is 24.2 Å². The van der Waals surface area contributed by atoms with Gasteiger partial charge in [0, 0.05) is 43.5 Å². The number of nitrogens with zero attached hydrogens (tertiary/aromatic N) is 1. The van der Waals surface area contributed by atoms with Crippen LogP contribution in [-0.2, 0) is 9.59 Å². The lowest BCUT2D eigenvalue weighted by atomic mass is 10.1. The van der Waals surface area contributed by atoms with Crippen LogP contribution in [0.25, 0.3) is 0 Å². The molecule has 1 atom stereocenters. The zero-order valence-electron chi connectivity index (χ0n) is 11.3. The zero-order chi connectivity index (χ0) is 14.1. The molecule has 0 aliphatic carbocycles. The molecule has 0 bridgehead atoms. The fourth-order valence-electron chi connectivity index (χ4n) is 1.53. The molecule has 0 spiro atoms. The smallest absolute Gasteiger partial charge is 0.226 e. The third kappa shape index (κ3) is 5.96. The Labute approximate surface area is 113 Å². The number of anilines is 1. The number of rotatable bonds is 7. The van der Waals surface area contributed by atoms with Gasteiger partial charge in [-0.05, 0) is 19.2 Å². The van der Waals surface area contributed by atoms with Crippen molar-refractivity contribution in [3.8, 4) is 0 Å². The van der Waals surface area contributed by atoms with Crippen molar-refractivity contribution in [1.29, 1.82) is 0 Å². The highest BCUT2D eigenvalue weighted by Crippen LogP contribution is 2.03. The highest BCUT2D eigenvalue weighted by atomic mass is 16.2. The van der Waals surface area contributed by atoms with E-state index in [1.165, 1.54) is 0 Å². The molecule has 1 aromatic rings. The van der Waals surface area contributed by atoms with Crippen molar-refractivity contribution in [2.24, 2.45) is 5.92 Å². The van der Waals surface area contributed by atoms with E-state index in [0.717, 1.165) is 0 Å². The fraction of sp³-hybridized carbons (Fsp3) is 0.462. The predicted octanol–water partition coefficient (Wildman–Crippen LogP) is 0.382. The minimum absolute atomic E-state index is 0.0499. The largest absolute Gasteiger partial charge is 0.355 e. The van der Waals surface area contributed by atoms with E-state index in [0.29, 0.717) is 18.8 Å². The molecule has 0 saturated carbocycles. The van der Waals surface area contributed by atoms with Gasteiger partial charge in [0.2, 0.25) is 11.8 Å². The Morgan fingerprint density at radius 3 is 2.63 bits per heavy atom. The van der Waals surface area contributed by atoms with Crippen LogP contribution >= 0.6 is 0 Å². The second-order valence-electron chi connectivity index (χ2n) is 4.28. The lowest BCUT2D eigenvalue weighted by Gasteiger charge is -2.11. The Morgan fingerprint density at radius 2 is 2.00 bits per heavy atom. The molecule has 0 aliphatic rings. The second kappa shape index (κ2) is 8.20. The van der Waals surface area contributed by atoms with Crippen molar-refractivity contribution in [2.45, 2.75) is 13.3 Å². The van der Waals surface area contributed by atoms with E-state index in [9.17, 15) is 9.59 Å². The van der Waals surface area contributed by atoms with Crippen LogP contribution in [0, 0.1) is 5.92 Å². The fourth-order valence-corrected chi connectivity index (χ4v) is 1.53. The number of aromatic nitrogens is 1.